The minimum absolute atomic E-state index is 0.0614. The van der Waals surface area contributed by atoms with Crippen molar-refractivity contribution in [2.24, 2.45) is 0 Å². The Balaban J connectivity index is 0.853. The molecule has 0 radical (unpaired) electrons. The highest BCUT2D eigenvalue weighted by molar-refractivity contribution is 6.24. The third-order valence-corrected chi connectivity index (χ3v) is 10.7. The van der Waals surface area contributed by atoms with Crippen molar-refractivity contribution < 1.29 is 33.5 Å². The standard InChI is InChI=1S/C41H46N8O7/c1-46(2)38(53)31-23-26-24-43-41(45-35(26)48(31)28-11-6-7-12-28)44-27-17-15-25(16-18-27)36(51)42-21-8-4-5-9-22-56-32-14-10-13-29-34(32)40(55)49(37(29)52)30-19-20-33(50)47(3)39(30)54/h10,13-18,23-24,28,30H,4-9,11-12,19-22H2,1-3H3,(H,42,51)(H,43,44,45). The summed E-state index contributed by atoms with van der Waals surface area (Å²) in [6, 6.07) is 13.0. The van der Waals surface area contributed by atoms with Gasteiger partial charge in [-0.2, -0.15) is 4.98 Å². The lowest BCUT2D eigenvalue weighted by atomic mass is 10.0. The first-order chi connectivity index (χ1) is 27.0. The van der Waals surface area contributed by atoms with Crippen molar-refractivity contribution in [2.75, 3.05) is 39.6 Å². The van der Waals surface area contributed by atoms with Gasteiger partial charge >= 0.3 is 0 Å². The van der Waals surface area contributed by atoms with Gasteiger partial charge in [0.2, 0.25) is 11.9 Å². The van der Waals surface area contributed by atoms with Crippen LogP contribution in [-0.4, -0.2) is 105 Å². The van der Waals surface area contributed by atoms with Crippen LogP contribution in [0.3, 0.4) is 0 Å². The Morgan fingerprint density at radius 2 is 1.68 bits per heavy atom. The minimum atomic E-state index is -1.02. The van der Waals surface area contributed by atoms with Gasteiger partial charge in [-0.1, -0.05) is 31.7 Å². The van der Waals surface area contributed by atoms with E-state index < -0.39 is 23.8 Å². The number of fused-ring (bicyclic) bond motifs is 2. The summed E-state index contributed by atoms with van der Waals surface area (Å²) in [5, 5.41) is 7.02. The molecule has 4 aromatic rings. The molecule has 3 aliphatic rings. The van der Waals surface area contributed by atoms with Crippen molar-refractivity contribution in [3.8, 4) is 5.75 Å². The van der Waals surface area contributed by atoms with Gasteiger partial charge < -0.3 is 24.8 Å². The fourth-order valence-corrected chi connectivity index (χ4v) is 7.71. The third kappa shape index (κ3) is 7.57. The Bertz CT molecular complexity index is 2190. The van der Waals surface area contributed by atoms with E-state index in [0.717, 1.165) is 71.5 Å². The number of anilines is 2. The molecule has 2 aromatic carbocycles. The van der Waals surface area contributed by atoms with Crippen molar-refractivity contribution in [1.82, 2.24) is 34.6 Å². The number of nitrogens with one attached hydrogen (secondary N) is 2. The largest absolute Gasteiger partial charge is 0.493 e. The molecule has 7 rings (SSSR count). The predicted molar refractivity (Wildman–Crippen MR) is 207 cm³/mol. The number of unbranched alkanes of at least 4 members (excludes halogenated alkanes) is 3. The summed E-state index contributed by atoms with van der Waals surface area (Å²) in [7, 11) is 4.86. The number of likely N-dealkylation sites (N-methyl/N-ethyl adjacent to an activating group) is 1. The molecule has 15 heteroatoms. The number of likely N-dealkylation sites (tertiary alicyclic amines) is 1. The van der Waals surface area contributed by atoms with Gasteiger partial charge in [0, 0.05) is 63.0 Å². The fourth-order valence-electron chi connectivity index (χ4n) is 7.71. The first-order valence-electron chi connectivity index (χ1n) is 19.2. The van der Waals surface area contributed by atoms with Crippen molar-refractivity contribution in [1.29, 1.82) is 0 Å². The van der Waals surface area contributed by atoms with Crippen LogP contribution >= 0.6 is 0 Å². The van der Waals surface area contributed by atoms with E-state index in [9.17, 15) is 28.8 Å². The van der Waals surface area contributed by atoms with Crippen molar-refractivity contribution in [2.45, 2.75) is 76.3 Å². The lowest BCUT2D eigenvalue weighted by molar-refractivity contribution is -0.149. The summed E-state index contributed by atoms with van der Waals surface area (Å²) < 4.78 is 8.01. The molecule has 4 heterocycles. The number of benzene rings is 2. The number of ether oxygens (including phenoxy) is 1. The van der Waals surface area contributed by atoms with E-state index in [1.807, 2.05) is 6.07 Å². The van der Waals surface area contributed by atoms with Gasteiger partial charge in [-0.15, -0.1) is 0 Å². The molecule has 1 atom stereocenters. The van der Waals surface area contributed by atoms with Crippen molar-refractivity contribution in [3.05, 3.63) is 77.1 Å². The molecule has 56 heavy (non-hydrogen) atoms. The van der Waals surface area contributed by atoms with Crippen LogP contribution in [-0.2, 0) is 9.59 Å². The Morgan fingerprint density at radius 1 is 0.929 bits per heavy atom. The van der Waals surface area contributed by atoms with Crippen molar-refractivity contribution >= 4 is 58.1 Å². The zero-order valence-corrected chi connectivity index (χ0v) is 31.9. The van der Waals surface area contributed by atoms with E-state index in [-0.39, 0.29) is 47.7 Å². The quantitative estimate of drug-likeness (QED) is 0.130. The van der Waals surface area contributed by atoms with Gasteiger partial charge in [0.1, 0.15) is 23.1 Å². The second kappa shape index (κ2) is 16.3. The maximum Gasteiger partial charge on any atom is 0.270 e. The van der Waals surface area contributed by atoms with Gasteiger partial charge in [0.15, 0.2) is 0 Å². The van der Waals surface area contributed by atoms with E-state index >= 15 is 0 Å². The SMILES string of the molecule is CN(C)C(=O)c1cc2cnc(Nc3ccc(C(=O)NCCCCCCOc4cccc5c4C(=O)N(C4CCC(=O)N(C)C4=O)C5=O)cc3)nc2n1C1CCCC1. The van der Waals surface area contributed by atoms with Crippen molar-refractivity contribution in [3.63, 3.8) is 0 Å². The lowest BCUT2D eigenvalue weighted by Gasteiger charge is -2.32. The Hall–Kier alpha value is -6.12. The van der Waals surface area contributed by atoms with E-state index in [1.165, 1.54) is 7.05 Å². The smallest absolute Gasteiger partial charge is 0.270 e. The molecule has 0 bridgehead atoms. The van der Waals surface area contributed by atoms with E-state index in [2.05, 4.69) is 20.2 Å². The molecule has 2 fully saturated rings. The molecule has 2 aliphatic heterocycles. The van der Waals surface area contributed by atoms with Gasteiger partial charge in [-0.25, -0.2) is 4.98 Å². The Morgan fingerprint density at radius 3 is 2.43 bits per heavy atom. The topological polar surface area (TPSA) is 176 Å². The first kappa shape index (κ1) is 38.2. The molecule has 6 amide bonds. The van der Waals surface area contributed by atoms with Crippen LogP contribution in [0.2, 0.25) is 0 Å². The molecular weight excluding hydrogens is 716 g/mol. The summed E-state index contributed by atoms with van der Waals surface area (Å²) in [4.78, 5) is 89.8. The molecule has 15 nitrogen and oxygen atoms in total. The maximum atomic E-state index is 13.4. The molecule has 2 aromatic heterocycles. The number of amides is 6. The molecule has 0 spiro atoms. The second-order valence-electron chi connectivity index (χ2n) is 14.7. The first-order valence-corrected chi connectivity index (χ1v) is 19.2. The van der Waals surface area contributed by atoms with E-state index in [0.29, 0.717) is 42.5 Å². The molecule has 1 saturated heterocycles. The predicted octanol–water partition coefficient (Wildman–Crippen LogP) is 5.10. The minimum Gasteiger partial charge on any atom is -0.493 e. The number of aromatic nitrogens is 3. The summed E-state index contributed by atoms with van der Waals surface area (Å²) in [6.45, 7) is 0.833. The highest BCUT2D eigenvalue weighted by Gasteiger charge is 2.47. The molecular formula is C41H46N8O7. The van der Waals surface area contributed by atoms with Crippen LogP contribution in [0, 0.1) is 0 Å². The van der Waals surface area contributed by atoms with Gasteiger partial charge in [0.25, 0.3) is 29.5 Å². The summed E-state index contributed by atoms with van der Waals surface area (Å²) in [5.41, 5.74) is 2.93. The number of piperidine rings is 1. The molecule has 2 N–H and O–H groups in total. The summed E-state index contributed by atoms with van der Waals surface area (Å²) in [6.07, 6.45) is 9.31. The Labute approximate surface area is 324 Å². The molecule has 1 unspecified atom stereocenters. The lowest BCUT2D eigenvalue weighted by Crippen LogP contribution is -2.54. The van der Waals surface area contributed by atoms with Crippen LogP contribution in [0.25, 0.3) is 11.0 Å². The average molecular weight is 763 g/mol. The second-order valence-corrected chi connectivity index (χ2v) is 14.7. The monoisotopic (exact) mass is 762 g/mol. The van der Waals surface area contributed by atoms with Crippen LogP contribution in [0.5, 0.6) is 5.75 Å². The van der Waals surface area contributed by atoms with Gasteiger partial charge in [-0.3, -0.25) is 38.6 Å². The molecule has 292 valence electrons. The number of imide groups is 2. The number of hydrogen-bond donors (Lipinski definition) is 2. The zero-order chi connectivity index (χ0) is 39.5. The zero-order valence-electron chi connectivity index (χ0n) is 31.9. The third-order valence-electron chi connectivity index (χ3n) is 10.7. The van der Waals surface area contributed by atoms with Crippen LogP contribution in [0.15, 0.2) is 54.7 Å². The molecule has 1 saturated carbocycles. The number of carbonyl (C=O) groups is 6. The maximum absolute atomic E-state index is 13.4. The Kier molecular flexibility index (Phi) is 11.1. The highest BCUT2D eigenvalue weighted by atomic mass is 16.5. The van der Waals surface area contributed by atoms with E-state index in [4.69, 9.17) is 9.72 Å². The molecule has 1 aliphatic carbocycles. The van der Waals surface area contributed by atoms with E-state index in [1.54, 1.807) is 67.7 Å². The number of rotatable bonds is 14. The van der Waals surface area contributed by atoms with Crippen LogP contribution in [0.1, 0.15) is 112 Å². The van der Waals surface area contributed by atoms with Crippen LogP contribution in [0.4, 0.5) is 11.6 Å². The average Bonchev–Trinajstić information content (AvgIpc) is 3.92. The summed E-state index contributed by atoms with van der Waals surface area (Å²) in [5.74, 6) is -1.59. The normalized spacial score (nSPS) is 17.2. The number of hydrogen-bond acceptors (Lipinski definition) is 10. The summed E-state index contributed by atoms with van der Waals surface area (Å²) >= 11 is 0. The number of nitrogens with zero attached hydrogens (tertiary/aromatic N) is 6. The number of carbonyl (C=O) groups excluding carboxylic acids is 6. The highest BCUT2D eigenvalue weighted by Crippen LogP contribution is 2.36. The van der Waals surface area contributed by atoms with Gasteiger partial charge in [-0.05, 0) is 74.6 Å². The van der Waals surface area contributed by atoms with Gasteiger partial charge in [0.05, 0.1) is 17.7 Å². The van der Waals surface area contributed by atoms with Crippen LogP contribution < -0.4 is 15.4 Å². The fraction of sp³-hybridized carbons (Fsp3) is 0.415.